The van der Waals surface area contributed by atoms with Gasteiger partial charge in [-0.05, 0) is 51.0 Å². The highest BCUT2D eigenvalue weighted by Gasteiger charge is 2.31. The summed E-state index contributed by atoms with van der Waals surface area (Å²) < 4.78 is 36.8. The van der Waals surface area contributed by atoms with Crippen molar-refractivity contribution in [3.63, 3.8) is 0 Å². The number of halogens is 1. The van der Waals surface area contributed by atoms with E-state index in [0.29, 0.717) is 19.0 Å². The van der Waals surface area contributed by atoms with Crippen LogP contribution in [-0.4, -0.2) is 43.5 Å². The first-order valence-corrected chi connectivity index (χ1v) is 11.0. The normalized spacial score (nSPS) is 24.3. The molecule has 1 N–H and O–H groups in total. The Labute approximate surface area is 193 Å². The molecule has 1 saturated heterocycles. The Morgan fingerprint density at radius 2 is 2.09 bits per heavy atom. The van der Waals surface area contributed by atoms with E-state index in [1.54, 1.807) is 6.07 Å². The Balaban J connectivity index is 1.39. The number of nitrogens with zero attached hydrogens (tertiary/aromatic N) is 1. The SMILES string of the molecule is CCOC1=CC=C2C=C(C(C)Oc3cc(F)cc(O/N=C\[C@@H]4COC(C)(C)O4)c3)C=CC2N1. The van der Waals surface area contributed by atoms with Gasteiger partial charge in [-0.2, -0.15) is 0 Å². The zero-order chi connectivity index (χ0) is 23.4. The van der Waals surface area contributed by atoms with Crippen molar-refractivity contribution in [1.29, 1.82) is 0 Å². The van der Waals surface area contributed by atoms with Crippen LogP contribution >= 0.6 is 0 Å². The van der Waals surface area contributed by atoms with E-state index in [2.05, 4.69) is 22.6 Å². The van der Waals surface area contributed by atoms with Crippen molar-refractivity contribution >= 4 is 6.21 Å². The molecule has 1 fully saturated rings. The van der Waals surface area contributed by atoms with Crippen LogP contribution in [0.3, 0.4) is 0 Å². The van der Waals surface area contributed by atoms with Gasteiger partial charge in [0.1, 0.15) is 23.8 Å². The fraction of sp³-hybridized carbons (Fsp3) is 0.400. The summed E-state index contributed by atoms with van der Waals surface area (Å²) in [7, 11) is 0. The highest BCUT2D eigenvalue weighted by atomic mass is 19.1. The summed E-state index contributed by atoms with van der Waals surface area (Å²) in [6.07, 6.45) is 10.9. The lowest BCUT2D eigenvalue weighted by Crippen LogP contribution is -2.33. The van der Waals surface area contributed by atoms with Gasteiger partial charge in [0.05, 0.1) is 25.5 Å². The van der Waals surface area contributed by atoms with Gasteiger partial charge in [0.2, 0.25) is 0 Å². The number of oxime groups is 1. The molecule has 1 aromatic rings. The Morgan fingerprint density at radius 3 is 2.85 bits per heavy atom. The molecule has 4 rings (SSSR count). The topological polar surface area (TPSA) is 70.5 Å². The lowest BCUT2D eigenvalue weighted by Gasteiger charge is -2.27. The van der Waals surface area contributed by atoms with E-state index in [-0.39, 0.29) is 24.0 Å². The summed E-state index contributed by atoms with van der Waals surface area (Å²) in [4.78, 5) is 5.33. The van der Waals surface area contributed by atoms with Gasteiger partial charge in [0.15, 0.2) is 17.4 Å². The van der Waals surface area contributed by atoms with Crippen LogP contribution in [-0.2, 0) is 14.2 Å². The summed E-state index contributed by atoms with van der Waals surface area (Å²) in [5.41, 5.74) is 2.07. The van der Waals surface area contributed by atoms with Crippen LogP contribution in [0.15, 0.2) is 70.8 Å². The van der Waals surface area contributed by atoms with E-state index < -0.39 is 11.6 Å². The van der Waals surface area contributed by atoms with Crippen molar-refractivity contribution in [2.45, 2.75) is 51.7 Å². The van der Waals surface area contributed by atoms with E-state index in [1.807, 2.05) is 45.9 Å². The number of ether oxygens (including phenoxy) is 4. The molecule has 0 spiro atoms. The maximum Gasteiger partial charge on any atom is 0.187 e. The Kier molecular flexibility index (Phi) is 6.85. The predicted octanol–water partition coefficient (Wildman–Crippen LogP) is 4.38. The fourth-order valence-electron chi connectivity index (χ4n) is 3.68. The van der Waals surface area contributed by atoms with Gasteiger partial charge in [-0.1, -0.05) is 23.4 Å². The monoisotopic (exact) mass is 456 g/mol. The average molecular weight is 457 g/mol. The molecule has 2 aliphatic heterocycles. The minimum atomic E-state index is -0.652. The van der Waals surface area contributed by atoms with E-state index in [4.69, 9.17) is 23.8 Å². The molecular weight excluding hydrogens is 427 g/mol. The smallest absolute Gasteiger partial charge is 0.187 e. The van der Waals surface area contributed by atoms with Crippen molar-refractivity contribution < 1.29 is 28.2 Å². The number of benzene rings is 1. The summed E-state index contributed by atoms with van der Waals surface area (Å²) >= 11 is 0. The third-order valence-electron chi connectivity index (χ3n) is 5.24. The molecule has 0 saturated carbocycles. The molecule has 33 heavy (non-hydrogen) atoms. The van der Waals surface area contributed by atoms with Crippen LogP contribution < -0.4 is 14.9 Å². The summed E-state index contributed by atoms with van der Waals surface area (Å²) in [5, 5.41) is 7.23. The first-order valence-electron chi connectivity index (χ1n) is 11.0. The van der Waals surface area contributed by atoms with Crippen molar-refractivity contribution in [3.8, 4) is 11.5 Å². The number of rotatable bonds is 8. The molecule has 1 aliphatic carbocycles. The van der Waals surface area contributed by atoms with Crippen LogP contribution in [0.25, 0.3) is 0 Å². The first-order chi connectivity index (χ1) is 15.8. The standard InChI is InChI=1S/C25H29FN2O5/c1-5-29-24-9-7-18-10-17(6-8-23(18)28-24)16(2)31-20-11-19(26)12-21(13-20)33-27-14-22-15-30-25(3,4)32-22/h6-14,16,22-23,28H,5,15H2,1-4H3/b27-14-/t16?,22-,23?/m1/s1. The summed E-state index contributed by atoms with van der Waals surface area (Å²) in [6.45, 7) is 8.50. The van der Waals surface area contributed by atoms with Gasteiger partial charge in [0.25, 0.3) is 0 Å². The Morgan fingerprint density at radius 1 is 1.27 bits per heavy atom. The predicted molar refractivity (Wildman–Crippen MR) is 122 cm³/mol. The molecule has 1 aromatic carbocycles. The van der Waals surface area contributed by atoms with Crippen LogP contribution in [0.2, 0.25) is 0 Å². The van der Waals surface area contributed by atoms with Crippen LogP contribution in [0.5, 0.6) is 11.5 Å². The third-order valence-corrected chi connectivity index (χ3v) is 5.24. The van der Waals surface area contributed by atoms with E-state index in [9.17, 15) is 4.39 Å². The van der Waals surface area contributed by atoms with Gasteiger partial charge in [0, 0.05) is 18.2 Å². The quantitative estimate of drug-likeness (QED) is 0.462. The van der Waals surface area contributed by atoms with Gasteiger partial charge in [-0.3, -0.25) is 0 Å². The van der Waals surface area contributed by atoms with Crippen molar-refractivity contribution in [1.82, 2.24) is 5.32 Å². The number of dihydropyridines is 1. The molecule has 2 unspecified atom stereocenters. The number of nitrogens with one attached hydrogen (secondary N) is 1. The second-order valence-electron chi connectivity index (χ2n) is 8.35. The van der Waals surface area contributed by atoms with Crippen LogP contribution in [0, 0.1) is 5.82 Å². The van der Waals surface area contributed by atoms with Crippen molar-refractivity contribution in [2.24, 2.45) is 5.16 Å². The first kappa shape index (κ1) is 23.1. The van der Waals surface area contributed by atoms with E-state index in [0.717, 1.165) is 17.0 Å². The van der Waals surface area contributed by atoms with Gasteiger partial charge >= 0.3 is 0 Å². The molecule has 2 heterocycles. The highest BCUT2D eigenvalue weighted by Crippen LogP contribution is 2.28. The highest BCUT2D eigenvalue weighted by molar-refractivity contribution is 5.63. The van der Waals surface area contributed by atoms with Crippen molar-refractivity contribution in [3.05, 3.63) is 71.4 Å². The number of allylic oxidation sites excluding steroid dienone is 2. The van der Waals surface area contributed by atoms with Crippen LogP contribution in [0.1, 0.15) is 27.7 Å². The minimum absolute atomic E-state index is 0.0550. The summed E-state index contributed by atoms with van der Waals surface area (Å²) in [6, 6.07) is 4.22. The molecule has 7 nitrogen and oxygen atoms in total. The lowest BCUT2D eigenvalue weighted by molar-refractivity contribution is -0.131. The maximum atomic E-state index is 14.2. The molecular formula is C25H29FN2O5. The molecule has 0 amide bonds. The Hall–Kier alpha value is -3.10. The number of hydrogen-bond donors (Lipinski definition) is 1. The lowest BCUT2D eigenvalue weighted by atomic mass is 9.93. The number of fused-ring (bicyclic) bond motifs is 1. The molecule has 0 radical (unpaired) electrons. The molecule has 0 aromatic heterocycles. The average Bonchev–Trinajstić information content (AvgIpc) is 3.11. The second kappa shape index (κ2) is 9.80. The van der Waals surface area contributed by atoms with Crippen LogP contribution in [0.4, 0.5) is 4.39 Å². The van der Waals surface area contributed by atoms with Gasteiger partial charge in [-0.25, -0.2) is 4.39 Å². The summed E-state index contributed by atoms with van der Waals surface area (Å²) in [5.74, 6) is 0.198. The van der Waals surface area contributed by atoms with Crippen molar-refractivity contribution in [2.75, 3.05) is 13.2 Å². The van der Waals surface area contributed by atoms with E-state index in [1.165, 1.54) is 18.3 Å². The molecule has 3 atom stereocenters. The number of hydrogen-bond acceptors (Lipinski definition) is 7. The minimum Gasteiger partial charge on any atom is -0.486 e. The Bertz CT molecular complexity index is 1030. The van der Waals surface area contributed by atoms with Gasteiger partial charge < -0.3 is 29.1 Å². The zero-order valence-corrected chi connectivity index (χ0v) is 19.2. The zero-order valence-electron chi connectivity index (χ0n) is 19.2. The third kappa shape index (κ3) is 6.03. The van der Waals surface area contributed by atoms with E-state index >= 15 is 0 Å². The van der Waals surface area contributed by atoms with Gasteiger partial charge in [-0.15, -0.1) is 0 Å². The second-order valence-corrected chi connectivity index (χ2v) is 8.35. The molecule has 176 valence electrons. The molecule has 8 heteroatoms. The molecule has 0 bridgehead atoms. The fourth-order valence-corrected chi connectivity index (χ4v) is 3.68. The largest absolute Gasteiger partial charge is 0.486 e. The molecule has 3 aliphatic rings. The maximum absolute atomic E-state index is 14.2.